The van der Waals surface area contributed by atoms with E-state index < -0.39 is 18.6 Å². The van der Waals surface area contributed by atoms with Crippen LogP contribution in [0, 0.1) is 5.92 Å². The lowest BCUT2D eigenvalue weighted by atomic mass is 10.0. The quantitative estimate of drug-likeness (QED) is 0.425. The number of alkyl halides is 3. The van der Waals surface area contributed by atoms with Crippen molar-refractivity contribution in [3.63, 3.8) is 0 Å². The summed E-state index contributed by atoms with van der Waals surface area (Å²) >= 11 is 0. The van der Waals surface area contributed by atoms with Crippen molar-refractivity contribution in [2.24, 2.45) is 10.9 Å². The van der Waals surface area contributed by atoms with Gasteiger partial charge in [-0.25, -0.2) is 0 Å². The summed E-state index contributed by atoms with van der Waals surface area (Å²) in [7, 11) is 2.70. The van der Waals surface area contributed by atoms with Crippen molar-refractivity contribution in [2.45, 2.75) is 44.7 Å². The number of likely N-dealkylation sites (N-methyl/N-ethyl adjacent to an activating group) is 1. The molecular weight excluding hydrogens is 309 g/mol. The van der Waals surface area contributed by atoms with Gasteiger partial charge in [0.15, 0.2) is 5.96 Å². The van der Waals surface area contributed by atoms with E-state index in [1.165, 1.54) is 32.1 Å². The fraction of sp³-hybridized carbons (Fsp3) is 0.867. The average Bonchev–Trinajstić information content (AvgIpc) is 2.97. The summed E-state index contributed by atoms with van der Waals surface area (Å²) in [6.07, 6.45) is 3.10. The first-order valence-corrected chi connectivity index (χ1v) is 8.07. The van der Waals surface area contributed by atoms with Crippen LogP contribution in [0.5, 0.6) is 0 Å². The molecule has 0 aromatic rings. The highest BCUT2D eigenvalue weighted by atomic mass is 19.4. The van der Waals surface area contributed by atoms with Crippen LogP contribution in [0.25, 0.3) is 0 Å². The third-order valence-corrected chi connectivity index (χ3v) is 4.03. The van der Waals surface area contributed by atoms with Crippen LogP contribution in [0.15, 0.2) is 4.99 Å². The number of hydrogen-bond acceptors (Lipinski definition) is 2. The Hall–Kier alpha value is -1.47. The number of nitrogens with zero attached hydrogens (tertiary/aromatic N) is 2. The van der Waals surface area contributed by atoms with Gasteiger partial charge in [-0.3, -0.25) is 9.79 Å². The number of hydrogen-bond donors (Lipinski definition) is 2. The highest BCUT2D eigenvalue weighted by Crippen LogP contribution is 2.28. The number of halogens is 3. The van der Waals surface area contributed by atoms with Crippen molar-refractivity contribution >= 4 is 11.9 Å². The smallest absolute Gasteiger partial charge is 0.356 e. The number of amides is 1. The highest BCUT2D eigenvalue weighted by Gasteiger charge is 2.31. The Bertz CT molecular complexity index is 393. The molecule has 0 radical (unpaired) electrons. The maximum Gasteiger partial charge on any atom is 0.406 e. The molecule has 134 valence electrons. The fourth-order valence-electron chi connectivity index (χ4n) is 2.77. The van der Waals surface area contributed by atoms with Gasteiger partial charge in [0.2, 0.25) is 5.91 Å². The molecule has 1 amide bonds. The summed E-state index contributed by atoms with van der Waals surface area (Å²) in [5, 5.41) is 5.83. The summed E-state index contributed by atoms with van der Waals surface area (Å²) in [6, 6.07) is 0. The molecule has 0 saturated heterocycles. The molecule has 1 fully saturated rings. The van der Waals surface area contributed by atoms with E-state index in [-0.39, 0.29) is 6.54 Å². The molecule has 1 rings (SSSR count). The molecule has 1 aliphatic carbocycles. The standard InChI is InChI=1S/C15H27F3N4O/c1-19-14(20-9-5-8-12-6-3-4-7-12)21-10-13(23)22(2)11-15(16,17)18/h12H,3-11H2,1-2H3,(H2,19,20,21). The topological polar surface area (TPSA) is 56.7 Å². The molecule has 1 aliphatic rings. The van der Waals surface area contributed by atoms with Crippen LogP contribution in [0.3, 0.4) is 0 Å². The number of nitrogens with one attached hydrogen (secondary N) is 2. The molecule has 5 nitrogen and oxygen atoms in total. The molecular formula is C15H27F3N4O. The molecule has 0 aromatic heterocycles. The van der Waals surface area contributed by atoms with Crippen molar-refractivity contribution in [3.05, 3.63) is 0 Å². The van der Waals surface area contributed by atoms with Gasteiger partial charge in [0.1, 0.15) is 6.54 Å². The van der Waals surface area contributed by atoms with Crippen LogP contribution < -0.4 is 10.6 Å². The molecule has 23 heavy (non-hydrogen) atoms. The average molecular weight is 336 g/mol. The van der Waals surface area contributed by atoms with Crippen molar-refractivity contribution in [1.82, 2.24) is 15.5 Å². The minimum absolute atomic E-state index is 0.213. The van der Waals surface area contributed by atoms with E-state index in [0.717, 1.165) is 25.9 Å². The maximum absolute atomic E-state index is 12.2. The van der Waals surface area contributed by atoms with E-state index in [0.29, 0.717) is 10.9 Å². The number of aliphatic imine (C=N–C) groups is 1. The highest BCUT2D eigenvalue weighted by molar-refractivity contribution is 5.86. The molecule has 0 spiro atoms. The number of rotatable bonds is 7. The maximum atomic E-state index is 12.2. The second-order valence-corrected chi connectivity index (χ2v) is 6.01. The predicted molar refractivity (Wildman–Crippen MR) is 84.2 cm³/mol. The Morgan fingerprint density at radius 3 is 2.48 bits per heavy atom. The Morgan fingerprint density at radius 2 is 1.91 bits per heavy atom. The van der Waals surface area contributed by atoms with Crippen molar-refractivity contribution in [3.8, 4) is 0 Å². The van der Waals surface area contributed by atoms with Crippen molar-refractivity contribution in [2.75, 3.05) is 33.7 Å². The van der Waals surface area contributed by atoms with Crippen molar-refractivity contribution in [1.29, 1.82) is 0 Å². The number of carbonyl (C=O) groups is 1. The summed E-state index contributed by atoms with van der Waals surface area (Å²) in [4.78, 5) is 16.2. The fourth-order valence-corrected chi connectivity index (χ4v) is 2.77. The lowest BCUT2D eigenvalue weighted by Gasteiger charge is -2.20. The molecule has 0 aliphatic heterocycles. The Morgan fingerprint density at radius 1 is 1.26 bits per heavy atom. The number of guanidine groups is 1. The summed E-state index contributed by atoms with van der Waals surface area (Å²) in [5.74, 6) is 0.630. The molecule has 0 unspecified atom stereocenters. The lowest BCUT2D eigenvalue weighted by molar-refractivity contribution is -0.157. The first-order valence-electron chi connectivity index (χ1n) is 8.07. The second-order valence-electron chi connectivity index (χ2n) is 6.01. The molecule has 0 atom stereocenters. The summed E-state index contributed by atoms with van der Waals surface area (Å²) in [6.45, 7) is -0.724. The first-order chi connectivity index (χ1) is 10.8. The zero-order chi connectivity index (χ0) is 17.3. The van der Waals surface area contributed by atoms with Crippen LogP contribution >= 0.6 is 0 Å². The molecule has 1 saturated carbocycles. The van der Waals surface area contributed by atoms with Gasteiger partial charge in [-0.05, 0) is 18.8 Å². The molecule has 0 bridgehead atoms. The van der Waals surface area contributed by atoms with E-state index >= 15 is 0 Å². The Balaban J connectivity index is 2.18. The minimum Gasteiger partial charge on any atom is -0.356 e. The van der Waals surface area contributed by atoms with Crippen LogP contribution in [0.2, 0.25) is 0 Å². The second kappa shape index (κ2) is 9.62. The van der Waals surface area contributed by atoms with Crippen LogP contribution in [0.1, 0.15) is 38.5 Å². The van der Waals surface area contributed by atoms with E-state index in [9.17, 15) is 18.0 Å². The largest absolute Gasteiger partial charge is 0.406 e. The molecule has 0 aromatic carbocycles. The third kappa shape index (κ3) is 8.66. The molecule has 0 heterocycles. The minimum atomic E-state index is -4.38. The van der Waals surface area contributed by atoms with Gasteiger partial charge in [0.05, 0.1) is 6.54 Å². The number of carbonyl (C=O) groups excluding carboxylic acids is 1. The van der Waals surface area contributed by atoms with E-state index in [4.69, 9.17) is 0 Å². The van der Waals surface area contributed by atoms with Crippen LogP contribution in [0.4, 0.5) is 13.2 Å². The lowest BCUT2D eigenvalue weighted by Crippen LogP contribution is -2.45. The Labute approximate surface area is 135 Å². The monoisotopic (exact) mass is 336 g/mol. The summed E-state index contributed by atoms with van der Waals surface area (Å²) < 4.78 is 36.6. The van der Waals surface area contributed by atoms with Gasteiger partial charge in [-0.1, -0.05) is 25.7 Å². The van der Waals surface area contributed by atoms with E-state index in [1.54, 1.807) is 7.05 Å². The zero-order valence-electron chi connectivity index (χ0n) is 13.9. The van der Waals surface area contributed by atoms with Crippen molar-refractivity contribution < 1.29 is 18.0 Å². The first kappa shape index (κ1) is 19.6. The van der Waals surface area contributed by atoms with Crippen LogP contribution in [-0.2, 0) is 4.79 Å². The van der Waals surface area contributed by atoms with Gasteiger partial charge < -0.3 is 15.5 Å². The molecule has 2 N–H and O–H groups in total. The van der Waals surface area contributed by atoms with Gasteiger partial charge in [0.25, 0.3) is 0 Å². The van der Waals surface area contributed by atoms with E-state index in [1.807, 2.05) is 0 Å². The van der Waals surface area contributed by atoms with E-state index in [2.05, 4.69) is 15.6 Å². The summed E-state index contributed by atoms with van der Waals surface area (Å²) in [5.41, 5.74) is 0. The van der Waals surface area contributed by atoms with Gasteiger partial charge in [-0.2, -0.15) is 13.2 Å². The predicted octanol–water partition coefficient (Wildman–Crippen LogP) is 2.14. The third-order valence-electron chi connectivity index (χ3n) is 4.03. The molecule has 8 heteroatoms. The van der Waals surface area contributed by atoms with Crippen LogP contribution in [-0.4, -0.2) is 56.7 Å². The van der Waals surface area contributed by atoms with Gasteiger partial charge >= 0.3 is 6.18 Å². The van der Waals surface area contributed by atoms with Gasteiger partial charge in [-0.15, -0.1) is 0 Å². The SMILES string of the molecule is CN=C(NCCCC1CCCC1)NCC(=O)N(C)CC(F)(F)F. The Kier molecular flexibility index (Phi) is 8.19. The van der Waals surface area contributed by atoms with Gasteiger partial charge in [0, 0.05) is 20.6 Å². The normalized spacial score (nSPS) is 16.5. The zero-order valence-corrected chi connectivity index (χ0v) is 13.9.